The fourth-order valence-electron chi connectivity index (χ4n) is 8.04. The van der Waals surface area contributed by atoms with Gasteiger partial charge in [-0.05, 0) is 94.8 Å². The number of anilines is 1. The Morgan fingerprint density at radius 2 is 1.44 bits per heavy atom. The summed E-state index contributed by atoms with van der Waals surface area (Å²) in [4.78, 5) is 12.5. The average molecular weight is 923 g/mol. The molecule has 2 aromatic carbocycles. The van der Waals surface area contributed by atoms with Gasteiger partial charge in [0.05, 0.1) is 47.4 Å². The molecule has 0 radical (unpaired) electrons. The van der Waals surface area contributed by atoms with E-state index in [1.807, 2.05) is 50.0 Å². The molecule has 2 aromatic rings. The lowest BCUT2D eigenvalue weighted by Gasteiger charge is -2.30. The largest absolute Gasteiger partial charge is 0.744 e. The maximum Gasteiger partial charge on any atom is 0.303 e. The first-order valence-corrected chi connectivity index (χ1v) is 24.8. The SMILES string of the molecule is CCN1/C(=C/C=C/C=C/C=C/C2=[N+](CCCCCC(=O)O)c3ccc(S(=O)(=O)O)cc3C2(C)CCOCCOCCOC)C(C)(CCCS(=O)(=O)O)c2cc(S(=O)(=O)[O-])ccc21. The van der Waals surface area contributed by atoms with Crippen LogP contribution >= 0.6 is 0 Å². The second-order valence-corrected chi connectivity index (χ2v) is 19.8. The van der Waals surface area contributed by atoms with E-state index in [0.717, 1.165) is 17.1 Å². The predicted octanol–water partition coefficient (Wildman–Crippen LogP) is 5.93. The second kappa shape index (κ2) is 22.0. The highest BCUT2D eigenvalue weighted by Crippen LogP contribution is 2.51. The molecule has 0 saturated carbocycles. The van der Waals surface area contributed by atoms with E-state index in [4.69, 9.17) is 19.3 Å². The number of nitrogens with zero attached hydrogens (tertiary/aromatic N) is 2. The third-order valence-corrected chi connectivity index (χ3v) is 13.7. The highest BCUT2D eigenvalue weighted by atomic mass is 32.2. The molecule has 2 atom stereocenters. The zero-order valence-corrected chi connectivity index (χ0v) is 38.0. The molecule has 2 heterocycles. The Bertz CT molecular complexity index is 2410. The van der Waals surface area contributed by atoms with Crippen molar-refractivity contribution >= 4 is 53.4 Å². The third-order valence-electron chi connectivity index (χ3n) is 11.2. The summed E-state index contributed by atoms with van der Waals surface area (Å²) in [5.74, 6) is -1.36. The summed E-state index contributed by atoms with van der Waals surface area (Å²) in [5.41, 5.74) is 2.59. The summed E-state index contributed by atoms with van der Waals surface area (Å²) in [7, 11) is -12.0. The lowest BCUT2D eigenvalue weighted by Crippen LogP contribution is -2.33. The van der Waals surface area contributed by atoms with Crippen molar-refractivity contribution in [2.45, 2.75) is 86.3 Å². The highest BCUT2D eigenvalue weighted by molar-refractivity contribution is 7.86. The summed E-state index contributed by atoms with van der Waals surface area (Å²) in [5, 5.41) is 9.14. The van der Waals surface area contributed by atoms with E-state index in [1.165, 1.54) is 24.3 Å². The number of rotatable bonds is 26. The minimum atomic E-state index is -4.78. The number of ether oxygens (including phenoxy) is 3. The fourth-order valence-corrected chi connectivity index (χ4v) is 9.56. The molecule has 3 N–H and O–H groups in total. The van der Waals surface area contributed by atoms with Crippen molar-refractivity contribution in [3.63, 3.8) is 0 Å². The quantitative estimate of drug-likeness (QED) is 0.0429. The van der Waals surface area contributed by atoms with Crippen molar-refractivity contribution in [3.8, 4) is 0 Å². The van der Waals surface area contributed by atoms with E-state index < -0.39 is 57.8 Å². The van der Waals surface area contributed by atoms with Gasteiger partial charge in [0.25, 0.3) is 20.2 Å². The minimum absolute atomic E-state index is 0.0490. The summed E-state index contributed by atoms with van der Waals surface area (Å²) < 4.78 is 122. The molecule has 16 nitrogen and oxygen atoms in total. The van der Waals surface area contributed by atoms with Crippen LogP contribution in [-0.4, -0.2) is 119 Å². The second-order valence-electron chi connectivity index (χ2n) is 15.5. The number of allylic oxidation sites excluding steroid dienone is 8. The van der Waals surface area contributed by atoms with Crippen LogP contribution in [0.3, 0.4) is 0 Å². The molecule has 0 amide bonds. The van der Waals surface area contributed by atoms with Crippen molar-refractivity contribution in [3.05, 3.63) is 95.8 Å². The molecule has 4 rings (SSSR count). The van der Waals surface area contributed by atoms with E-state index >= 15 is 0 Å². The van der Waals surface area contributed by atoms with Gasteiger partial charge in [-0.2, -0.15) is 21.4 Å². The van der Waals surface area contributed by atoms with Crippen molar-refractivity contribution < 1.29 is 67.6 Å². The Morgan fingerprint density at radius 3 is 2.08 bits per heavy atom. The highest BCUT2D eigenvalue weighted by Gasteiger charge is 2.48. The number of hydrogen-bond acceptors (Lipinski definition) is 12. The molecule has 0 spiro atoms. The molecular formula is C43H58N2O14S3. The lowest BCUT2D eigenvalue weighted by atomic mass is 9.76. The number of hydrogen-bond donors (Lipinski definition) is 3. The summed E-state index contributed by atoms with van der Waals surface area (Å²) in [6, 6.07) is 8.68. The molecule has 62 heavy (non-hydrogen) atoms. The van der Waals surface area contributed by atoms with Gasteiger partial charge in [0.1, 0.15) is 16.7 Å². The van der Waals surface area contributed by atoms with Crippen molar-refractivity contribution in [2.24, 2.45) is 0 Å². The first-order valence-electron chi connectivity index (χ1n) is 20.4. The van der Waals surface area contributed by atoms with Crippen molar-refractivity contribution in [1.29, 1.82) is 0 Å². The van der Waals surface area contributed by atoms with Gasteiger partial charge >= 0.3 is 5.97 Å². The summed E-state index contributed by atoms with van der Waals surface area (Å²) in [6.07, 6.45) is 15.4. The van der Waals surface area contributed by atoms with Gasteiger partial charge < -0.3 is 28.8 Å². The normalized spacial score (nSPS) is 20.1. The zero-order chi connectivity index (χ0) is 45.8. The number of unbranched alkanes of at least 4 members (excludes halogenated alkanes) is 2. The van der Waals surface area contributed by atoms with Gasteiger partial charge in [-0.25, -0.2) is 8.42 Å². The monoisotopic (exact) mass is 922 g/mol. The molecular weight excluding hydrogens is 865 g/mol. The van der Waals surface area contributed by atoms with Crippen LogP contribution in [0.25, 0.3) is 0 Å². The number of carboxylic acid groups (broad SMARTS) is 1. The smallest absolute Gasteiger partial charge is 0.303 e. The molecule has 0 aliphatic carbocycles. The Balaban J connectivity index is 1.67. The molecule has 0 saturated heterocycles. The Morgan fingerprint density at radius 1 is 0.790 bits per heavy atom. The molecule has 2 unspecified atom stereocenters. The molecule has 19 heteroatoms. The van der Waals surface area contributed by atoms with Crippen molar-refractivity contribution in [1.82, 2.24) is 0 Å². The molecule has 0 aromatic heterocycles. The average Bonchev–Trinajstić information content (AvgIpc) is 3.56. The first-order chi connectivity index (χ1) is 29.2. The Kier molecular flexibility index (Phi) is 18.0. The number of likely N-dealkylation sites (N-methyl/N-ethyl adjacent to an activating group) is 1. The summed E-state index contributed by atoms with van der Waals surface area (Å²) in [6.45, 7) is 8.62. The maximum absolute atomic E-state index is 12.3. The van der Waals surface area contributed by atoms with Crippen LogP contribution in [0.4, 0.5) is 11.4 Å². The number of fused-ring (bicyclic) bond motifs is 2. The van der Waals surface area contributed by atoms with Gasteiger partial charge in [-0.3, -0.25) is 13.9 Å². The Labute approximate surface area is 365 Å². The van der Waals surface area contributed by atoms with Crippen LogP contribution in [0.15, 0.2) is 94.4 Å². The van der Waals surface area contributed by atoms with E-state index in [1.54, 1.807) is 37.5 Å². The van der Waals surface area contributed by atoms with Crippen LogP contribution in [0, 0.1) is 0 Å². The number of aliphatic carboxylic acids is 1. The Hall–Kier alpha value is -4.05. The van der Waals surface area contributed by atoms with E-state index in [-0.39, 0.29) is 24.2 Å². The summed E-state index contributed by atoms with van der Waals surface area (Å²) >= 11 is 0. The number of carboxylic acids is 1. The number of benzene rings is 2. The molecule has 0 fully saturated rings. The van der Waals surface area contributed by atoms with Crippen LogP contribution in [0.5, 0.6) is 0 Å². The van der Waals surface area contributed by atoms with Crippen LogP contribution in [0.2, 0.25) is 0 Å². The molecule has 2 aliphatic heterocycles. The van der Waals surface area contributed by atoms with Gasteiger partial charge in [-0.1, -0.05) is 30.4 Å². The fraction of sp³-hybridized carbons (Fsp3) is 0.488. The standard InChI is InChI=1S/C43H58N2O14S3/c1-5-44-37-20-18-33(61(51,52)53)31-35(37)42(2,22-14-30-60(48,49)50)39(44)15-10-7-6-8-11-16-40-43(3,23-25-58-28-29-59-27-26-57-4)36-32-34(62(54,55)56)19-21-38(36)45(40)24-13-9-12-17-41(46)47/h6-8,10-11,15-16,18-21,31-32H,5,9,12-14,17,22-30H2,1-4H3,(H3-,46,47,48,49,50,51,52,53,54,55,56). The minimum Gasteiger partial charge on any atom is -0.744 e. The predicted molar refractivity (Wildman–Crippen MR) is 234 cm³/mol. The van der Waals surface area contributed by atoms with Gasteiger partial charge in [-0.15, -0.1) is 0 Å². The molecule has 0 bridgehead atoms. The van der Waals surface area contributed by atoms with Crippen LogP contribution < -0.4 is 4.90 Å². The van der Waals surface area contributed by atoms with Crippen LogP contribution in [-0.2, 0) is 60.2 Å². The van der Waals surface area contributed by atoms with E-state index in [0.29, 0.717) is 88.6 Å². The molecule has 342 valence electrons. The lowest BCUT2D eigenvalue weighted by molar-refractivity contribution is -0.438. The van der Waals surface area contributed by atoms with Gasteiger partial charge in [0, 0.05) is 67.6 Å². The van der Waals surface area contributed by atoms with E-state index in [9.17, 15) is 43.7 Å². The van der Waals surface area contributed by atoms with Crippen LogP contribution in [0.1, 0.15) is 76.8 Å². The zero-order valence-electron chi connectivity index (χ0n) is 35.6. The van der Waals surface area contributed by atoms with Crippen molar-refractivity contribution in [2.75, 3.05) is 63.9 Å². The van der Waals surface area contributed by atoms with Gasteiger partial charge in [0.15, 0.2) is 5.71 Å². The number of methoxy groups -OCH3 is 1. The maximum atomic E-state index is 12.3. The number of carbonyl (C=O) groups is 1. The molecule has 2 aliphatic rings. The van der Waals surface area contributed by atoms with Gasteiger partial charge in [0.2, 0.25) is 5.69 Å². The third kappa shape index (κ3) is 13.2. The van der Waals surface area contributed by atoms with E-state index in [2.05, 4.69) is 4.58 Å². The first kappa shape index (κ1) is 50.6. The topological polar surface area (TPSA) is 237 Å².